The van der Waals surface area contributed by atoms with E-state index in [-0.39, 0.29) is 22.1 Å². The maximum atomic E-state index is 14.5. The summed E-state index contributed by atoms with van der Waals surface area (Å²) in [5, 5.41) is 3.56. The maximum absolute atomic E-state index is 14.5. The second-order valence-electron chi connectivity index (χ2n) is 7.65. The van der Waals surface area contributed by atoms with Crippen LogP contribution in [0.2, 0.25) is 0 Å². The number of aromatic amines is 1. The molecule has 1 aromatic heterocycles. The molecule has 28 heavy (non-hydrogen) atoms. The summed E-state index contributed by atoms with van der Waals surface area (Å²) in [6.07, 6.45) is 5.73. The number of hydrogen-bond donors (Lipinski definition) is 2. The smallest absolute Gasteiger partial charge is 0.261 e. The minimum atomic E-state index is -2.89. The van der Waals surface area contributed by atoms with Crippen LogP contribution in [0.1, 0.15) is 44.3 Å². The van der Waals surface area contributed by atoms with Crippen molar-refractivity contribution in [2.45, 2.75) is 55.6 Å². The van der Waals surface area contributed by atoms with Crippen molar-refractivity contribution >= 4 is 38.2 Å². The molecule has 2 aromatic rings. The van der Waals surface area contributed by atoms with Gasteiger partial charge in [0.05, 0.1) is 22.8 Å². The van der Waals surface area contributed by atoms with Crippen molar-refractivity contribution in [1.82, 2.24) is 9.97 Å². The first kappa shape index (κ1) is 19.7. The average molecular weight is 426 g/mol. The first-order valence-corrected chi connectivity index (χ1v) is 12.6. The van der Waals surface area contributed by atoms with E-state index in [9.17, 15) is 17.6 Å². The molecule has 0 atom stereocenters. The second-order valence-corrected chi connectivity index (χ2v) is 11.2. The molecule has 2 aliphatic rings. The van der Waals surface area contributed by atoms with Crippen molar-refractivity contribution in [3.63, 3.8) is 0 Å². The van der Waals surface area contributed by atoms with Crippen LogP contribution in [-0.4, -0.2) is 41.2 Å². The van der Waals surface area contributed by atoms with Gasteiger partial charge in [-0.05, 0) is 37.8 Å². The summed E-state index contributed by atoms with van der Waals surface area (Å²) in [4.78, 5) is 19.5. The van der Waals surface area contributed by atoms with Crippen LogP contribution < -0.4 is 10.9 Å². The molecule has 152 valence electrons. The zero-order valence-electron chi connectivity index (χ0n) is 15.5. The molecule has 2 heterocycles. The van der Waals surface area contributed by atoms with Crippen LogP contribution in [0.5, 0.6) is 0 Å². The molecule has 1 saturated heterocycles. The molecule has 2 N–H and O–H groups in total. The highest BCUT2D eigenvalue weighted by atomic mass is 32.2. The summed E-state index contributed by atoms with van der Waals surface area (Å²) < 4.78 is 37.6. The van der Waals surface area contributed by atoms with Gasteiger partial charge in [0.15, 0.2) is 0 Å². The SMILES string of the molecule is O=c1[nH]c(CSC2CCS(=O)(=O)CC2)nc2cc(NC3CCCC3)cc(F)c12. The Morgan fingerprint density at radius 2 is 1.89 bits per heavy atom. The van der Waals surface area contributed by atoms with Gasteiger partial charge in [0.1, 0.15) is 26.9 Å². The predicted molar refractivity (Wildman–Crippen MR) is 111 cm³/mol. The highest BCUT2D eigenvalue weighted by Crippen LogP contribution is 2.28. The van der Waals surface area contributed by atoms with Gasteiger partial charge in [-0.2, -0.15) is 11.8 Å². The summed E-state index contributed by atoms with van der Waals surface area (Å²) in [6, 6.07) is 3.46. The Morgan fingerprint density at radius 1 is 1.18 bits per heavy atom. The lowest BCUT2D eigenvalue weighted by atomic mass is 10.2. The number of rotatable bonds is 5. The number of halogens is 1. The molecule has 2 fully saturated rings. The molecular formula is C19H24FN3O3S2. The van der Waals surface area contributed by atoms with Gasteiger partial charge in [-0.15, -0.1) is 0 Å². The molecule has 1 aliphatic heterocycles. The van der Waals surface area contributed by atoms with Crippen LogP contribution in [0.3, 0.4) is 0 Å². The average Bonchev–Trinajstić information content (AvgIpc) is 3.13. The fourth-order valence-corrected chi connectivity index (χ4v) is 6.85. The molecule has 0 amide bonds. The van der Waals surface area contributed by atoms with Crippen LogP contribution in [0.15, 0.2) is 16.9 Å². The third-order valence-corrected chi connectivity index (χ3v) is 8.59. The van der Waals surface area contributed by atoms with Crippen molar-refractivity contribution in [3.8, 4) is 0 Å². The van der Waals surface area contributed by atoms with E-state index in [1.807, 2.05) is 0 Å². The lowest BCUT2D eigenvalue weighted by molar-refractivity contribution is 0.577. The monoisotopic (exact) mass is 425 g/mol. The van der Waals surface area contributed by atoms with Gasteiger partial charge in [-0.25, -0.2) is 17.8 Å². The lowest BCUT2D eigenvalue weighted by Gasteiger charge is -2.21. The molecular weight excluding hydrogens is 401 g/mol. The van der Waals surface area contributed by atoms with Gasteiger partial charge < -0.3 is 10.3 Å². The van der Waals surface area contributed by atoms with E-state index in [1.165, 1.54) is 18.9 Å². The van der Waals surface area contributed by atoms with Gasteiger partial charge in [-0.1, -0.05) is 12.8 Å². The largest absolute Gasteiger partial charge is 0.382 e. The number of nitrogens with zero attached hydrogens (tertiary/aromatic N) is 1. The summed E-state index contributed by atoms with van der Waals surface area (Å²) in [6.45, 7) is 0. The molecule has 1 aromatic carbocycles. The number of sulfone groups is 1. The van der Waals surface area contributed by atoms with Crippen LogP contribution in [0.25, 0.3) is 10.9 Å². The number of benzene rings is 1. The minimum Gasteiger partial charge on any atom is -0.382 e. The molecule has 1 saturated carbocycles. The zero-order chi connectivity index (χ0) is 19.7. The maximum Gasteiger partial charge on any atom is 0.261 e. The summed E-state index contributed by atoms with van der Waals surface area (Å²) in [5.41, 5.74) is 0.536. The van der Waals surface area contributed by atoms with Crippen molar-refractivity contribution in [2.75, 3.05) is 16.8 Å². The standard InChI is InChI=1S/C19H24FN3O3S2/c20-15-9-13(21-12-3-1-2-4-12)10-16-18(15)19(24)23-17(22-16)11-27-14-5-7-28(25,26)8-6-14/h9-10,12,14,21H,1-8,11H2,(H,22,23,24). The van der Waals surface area contributed by atoms with Gasteiger partial charge >= 0.3 is 0 Å². The van der Waals surface area contributed by atoms with Crippen LogP contribution >= 0.6 is 11.8 Å². The molecule has 1 aliphatic carbocycles. The van der Waals surface area contributed by atoms with Crippen LogP contribution in [-0.2, 0) is 15.6 Å². The minimum absolute atomic E-state index is 0.0190. The normalized spacial score (nSPS) is 20.6. The van der Waals surface area contributed by atoms with Crippen molar-refractivity contribution in [3.05, 3.63) is 34.1 Å². The van der Waals surface area contributed by atoms with E-state index in [4.69, 9.17) is 0 Å². The fourth-order valence-electron chi connectivity index (χ4n) is 3.96. The molecule has 0 bridgehead atoms. The topological polar surface area (TPSA) is 91.9 Å². The Bertz CT molecular complexity index is 1020. The lowest BCUT2D eigenvalue weighted by Crippen LogP contribution is -2.25. The Balaban J connectivity index is 1.51. The third kappa shape index (κ3) is 4.51. The predicted octanol–water partition coefficient (Wildman–Crippen LogP) is 3.23. The van der Waals surface area contributed by atoms with Crippen molar-refractivity contribution < 1.29 is 12.8 Å². The van der Waals surface area contributed by atoms with Gasteiger partial charge in [0.25, 0.3) is 5.56 Å². The quantitative estimate of drug-likeness (QED) is 0.764. The van der Waals surface area contributed by atoms with Gasteiger partial charge in [0.2, 0.25) is 0 Å². The van der Waals surface area contributed by atoms with Gasteiger partial charge in [-0.3, -0.25) is 4.79 Å². The third-order valence-electron chi connectivity index (χ3n) is 5.49. The first-order chi connectivity index (χ1) is 13.4. The van der Waals surface area contributed by atoms with E-state index in [0.29, 0.717) is 41.7 Å². The highest BCUT2D eigenvalue weighted by Gasteiger charge is 2.24. The first-order valence-electron chi connectivity index (χ1n) is 9.71. The van der Waals surface area contributed by atoms with E-state index in [2.05, 4.69) is 15.3 Å². The number of nitrogens with one attached hydrogen (secondary N) is 2. The molecule has 0 unspecified atom stereocenters. The summed E-state index contributed by atoms with van der Waals surface area (Å²) in [5.74, 6) is 0.830. The van der Waals surface area contributed by atoms with Crippen molar-refractivity contribution in [1.29, 1.82) is 0 Å². The highest BCUT2D eigenvalue weighted by molar-refractivity contribution is 7.99. The second kappa shape index (κ2) is 8.02. The number of H-pyrrole nitrogens is 1. The van der Waals surface area contributed by atoms with Crippen LogP contribution in [0.4, 0.5) is 10.1 Å². The Hall–Kier alpha value is -1.61. The van der Waals surface area contributed by atoms with Gasteiger partial charge in [0, 0.05) is 17.0 Å². The fraction of sp³-hybridized carbons (Fsp3) is 0.579. The molecule has 0 spiro atoms. The number of thioether (sulfide) groups is 1. The number of hydrogen-bond acceptors (Lipinski definition) is 6. The zero-order valence-corrected chi connectivity index (χ0v) is 17.2. The van der Waals surface area contributed by atoms with Crippen molar-refractivity contribution in [2.24, 2.45) is 0 Å². The molecule has 0 radical (unpaired) electrons. The summed E-state index contributed by atoms with van der Waals surface area (Å²) >= 11 is 1.60. The summed E-state index contributed by atoms with van der Waals surface area (Å²) in [7, 11) is -2.89. The molecule has 9 heteroatoms. The molecule has 6 nitrogen and oxygen atoms in total. The molecule has 4 rings (SSSR count). The van der Waals surface area contributed by atoms with E-state index in [1.54, 1.807) is 17.8 Å². The Labute approximate surface area is 167 Å². The Kier molecular flexibility index (Phi) is 5.64. The van der Waals surface area contributed by atoms with E-state index in [0.717, 1.165) is 12.8 Å². The Morgan fingerprint density at radius 3 is 2.61 bits per heavy atom. The number of fused-ring (bicyclic) bond motifs is 1. The van der Waals surface area contributed by atoms with E-state index < -0.39 is 21.2 Å². The number of aromatic nitrogens is 2. The van der Waals surface area contributed by atoms with Crippen LogP contribution in [0, 0.1) is 5.82 Å². The number of anilines is 1. The van der Waals surface area contributed by atoms with E-state index >= 15 is 0 Å².